The van der Waals surface area contributed by atoms with Crippen LogP contribution in [0.5, 0.6) is 11.5 Å². The van der Waals surface area contributed by atoms with Crippen LogP contribution in [-0.2, 0) is 4.79 Å². The van der Waals surface area contributed by atoms with Gasteiger partial charge in [0.2, 0.25) is 0 Å². The predicted octanol–water partition coefficient (Wildman–Crippen LogP) is 5.46. The van der Waals surface area contributed by atoms with Crippen LogP contribution in [-0.4, -0.2) is 37.8 Å². The molecule has 0 aliphatic rings. The van der Waals surface area contributed by atoms with Crippen molar-refractivity contribution < 1.29 is 19.1 Å². The Morgan fingerprint density at radius 2 is 1.94 bits per heavy atom. The summed E-state index contributed by atoms with van der Waals surface area (Å²) in [7, 11) is 1.55. The van der Waals surface area contributed by atoms with Gasteiger partial charge in [0.05, 0.1) is 35.0 Å². The largest absolute Gasteiger partial charge is 0.493 e. The van der Waals surface area contributed by atoms with Gasteiger partial charge in [0.1, 0.15) is 6.04 Å². The Morgan fingerprint density at radius 3 is 2.55 bits per heavy atom. The smallest absolute Gasteiger partial charge is 0.262 e. The van der Waals surface area contributed by atoms with Crippen molar-refractivity contribution >= 4 is 57.2 Å². The molecule has 2 amide bonds. The van der Waals surface area contributed by atoms with E-state index in [0.717, 1.165) is 6.42 Å². The summed E-state index contributed by atoms with van der Waals surface area (Å²) in [5, 5.41) is 7.34. The lowest BCUT2D eigenvalue weighted by Crippen LogP contribution is -2.48. The predicted molar refractivity (Wildman–Crippen MR) is 135 cm³/mol. The molecule has 2 rings (SSSR count). The van der Waals surface area contributed by atoms with Gasteiger partial charge in [-0.15, -0.1) is 0 Å². The fraction of sp³-hybridized carbons (Fsp3) is 0.348. The molecule has 1 unspecified atom stereocenters. The zero-order valence-electron chi connectivity index (χ0n) is 18.7. The number of methoxy groups -OCH3 is 1. The van der Waals surface area contributed by atoms with E-state index in [-0.39, 0.29) is 16.5 Å². The van der Waals surface area contributed by atoms with Crippen LogP contribution in [0.4, 0.5) is 0 Å². The summed E-state index contributed by atoms with van der Waals surface area (Å²) in [6, 6.07) is 7.25. The van der Waals surface area contributed by atoms with E-state index < -0.39 is 17.9 Å². The number of hydrogen-bond donors (Lipinski definition) is 2. The Bertz CT molecular complexity index is 1030. The molecule has 0 saturated carbocycles. The van der Waals surface area contributed by atoms with Crippen molar-refractivity contribution in [3.05, 3.63) is 56.0 Å². The number of nitrogens with one attached hydrogen (secondary N) is 2. The van der Waals surface area contributed by atoms with E-state index in [1.165, 1.54) is 18.3 Å². The van der Waals surface area contributed by atoms with E-state index >= 15 is 0 Å². The molecule has 178 valence electrons. The van der Waals surface area contributed by atoms with E-state index in [1.54, 1.807) is 25.3 Å². The number of hydrazone groups is 1. The number of nitrogens with zero attached hydrogens (tertiary/aromatic N) is 1. The summed E-state index contributed by atoms with van der Waals surface area (Å²) < 4.78 is 11.8. The molecule has 0 aliphatic heterocycles. The maximum atomic E-state index is 12.7. The molecule has 0 heterocycles. The maximum Gasteiger partial charge on any atom is 0.262 e. The highest BCUT2D eigenvalue weighted by Crippen LogP contribution is 2.36. The number of halogens is 3. The molecule has 0 spiro atoms. The van der Waals surface area contributed by atoms with Crippen molar-refractivity contribution in [2.45, 2.75) is 33.2 Å². The highest BCUT2D eigenvalue weighted by molar-refractivity contribution is 9.10. The van der Waals surface area contributed by atoms with E-state index in [2.05, 4.69) is 31.8 Å². The number of rotatable bonds is 10. The molecular formula is C23H26BrCl2N3O4. The summed E-state index contributed by atoms with van der Waals surface area (Å²) in [6.45, 7) is 6.20. The van der Waals surface area contributed by atoms with Crippen molar-refractivity contribution in [2.75, 3.05) is 13.7 Å². The van der Waals surface area contributed by atoms with Crippen molar-refractivity contribution in [1.82, 2.24) is 10.7 Å². The van der Waals surface area contributed by atoms with Gasteiger partial charge in [0.25, 0.3) is 11.8 Å². The zero-order valence-corrected chi connectivity index (χ0v) is 21.8. The summed E-state index contributed by atoms with van der Waals surface area (Å²) in [5.74, 6) is 0.000606. The lowest BCUT2D eigenvalue weighted by atomic mass is 10.0. The molecule has 0 aliphatic carbocycles. The molecular weight excluding hydrogens is 533 g/mol. The summed E-state index contributed by atoms with van der Waals surface area (Å²) >= 11 is 15.5. The van der Waals surface area contributed by atoms with Crippen LogP contribution in [0.25, 0.3) is 0 Å². The first kappa shape index (κ1) is 27.0. The highest BCUT2D eigenvalue weighted by atomic mass is 79.9. The summed E-state index contributed by atoms with van der Waals surface area (Å²) in [4.78, 5) is 25.3. The molecule has 2 N–H and O–H groups in total. The van der Waals surface area contributed by atoms with E-state index in [9.17, 15) is 9.59 Å². The van der Waals surface area contributed by atoms with Crippen LogP contribution < -0.4 is 20.2 Å². The number of benzene rings is 2. The van der Waals surface area contributed by atoms with Crippen LogP contribution in [0, 0.1) is 5.92 Å². The zero-order chi connectivity index (χ0) is 24.5. The molecule has 2 aromatic carbocycles. The molecule has 0 saturated heterocycles. The van der Waals surface area contributed by atoms with Crippen LogP contribution in [0.1, 0.15) is 43.1 Å². The Kier molecular flexibility index (Phi) is 10.5. The minimum Gasteiger partial charge on any atom is -0.493 e. The third kappa shape index (κ3) is 7.62. The first-order valence-corrected chi connectivity index (χ1v) is 11.8. The number of carbonyl (C=O) groups is 2. The van der Waals surface area contributed by atoms with Crippen molar-refractivity contribution in [3.8, 4) is 11.5 Å². The van der Waals surface area contributed by atoms with Gasteiger partial charge in [-0.2, -0.15) is 5.10 Å². The highest BCUT2D eigenvalue weighted by Gasteiger charge is 2.25. The van der Waals surface area contributed by atoms with Gasteiger partial charge in [0.15, 0.2) is 11.5 Å². The summed E-state index contributed by atoms with van der Waals surface area (Å²) in [6.07, 6.45) is 2.34. The van der Waals surface area contributed by atoms with Gasteiger partial charge in [-0.25, -0.2) is 5.43 Å². The monoisotopic (exact) mass is 557 g/mol. The van der Waals surface area contributed by atoms with Gasteiger partial charge >= 0.3 is 0 Å². The average molecular weight is 559 g/mol. The topological polar surface area (TPSA) is 89.0 Å². The van der Waals surface area contributed by atoms with Gasteiger partial charge in [-0.1, -0.05) is 44.0 Å². The minimum atomic E-state index is -0.826. The van der Waals surface area contributed by atoms with Crippen molar-refractivity contribution in [1.29, 1.82) is 0 Å². The lowest BCUT2D eigenvalue weighted by Gasteiger charge is -2.20. The Labute approximate surface area is 211 Å². The second-order valence-electron chi connectivity index (χ2n) is 7.44. The van der Waals surface area contributed by atoms with Crippen LogP contribution in [0.2, 0.25) is 10.0 Å². The van der Waals surface area contributed by atoms with Gasteiger partial charge < -0.3 is 14.8 Å². The summed E-state index contributed by atoms with van der Waals surface area (Å²) in [5.41, 5.74) is 3.38. The van der Waals surface area contributed by atoms with Gasteiger partial charge in [0, 0.05) is 5.02 Å². The maximum absolute atomic E-state index is 12.7. The quantitative estimate of drug-likeness (QED) is 0.299. The molecule has 0 bridgehead atoms. The Morgan fingerprint density at radius 1 is 1.21 bits per heavy atom. The van der Waals surface area contributed by atoms with Crippen LogP contribution in [0.3, 0.4) is 0 Å². The van der Waals surface area contributed by atoms with E-state index in [0.29, 0.717) is 33.2 Å². The number of hydrogen-bond acceptors (Lipinski definition) is 5. The van der Waals surface area contributed by atoms with Crippen molar-refractivity contribution in [3.63, 3.8) is 0 Å². The second-order valence-corrected chi connectivity index (χ2v) is 9.13. The van der Waals surface area contributed by atoms with Crippen molar-refractivity contribution in [2.24, 2.45) is 11.0 Å². The van der Waals surface area contributed by atoms with E-state index in [1.807, 2.05) is 20.8 Å². The van der Waals surface area contributed by atoms with Crippen LogP contribution >= 0.6 is 39.1 Å². The number of ether oxygens (including phenoxy) is 2. The van der Waals surface area contributed by atoms with Gasteiger partial charge in [-0.3, -0.25) is 9.59 Å². The molecule has 0 radical (unpaired) electrons. The lowest BCUT2D eigenvalue weighted by molar-refractivity contribution is -0.123. The third-order valence-corrected chi connectivity index (χ3v) is 5.64. The standard InChI is InChI=1S/C23H26BrCl2N3O4/c1-5-8-33-21-17(24)9-14(10-19(21)32-4)12-27-29-23(31)20(13(2)3)28-22(30)16-7-6-15(25)11-18(16)26/h6-7,9-13,20H,5,8H2,1-4H3,(H,28,30)(H,29,31)/b27-12-. The molecule has 1 atom stereocenters. The second kappa shape index (κ2) is 12.8. The molecule has 0 fully saturated rings. The molecule has 33 heavy (non-hydrogen) atoms. The first-order valence-electron chi connectivity index (χ1n) is 10.3. The first-order chi connectivity index (χ1) is 15.7. The minimum absolute atomic E-state index is 0.195. The average Bonchev–Trinajstić information content (AvgIpc) is 2.75. The molecule has 2 aromatic rings. The Balaban J connectivity index is 2.10. The Hall–Kier alpha value is -2.29. The SMILES string of the molecule is CCCOc1c(Br)cc(/C=N\NC(=O)C(NC(=O)c2ccc(Cl)cc2Cl)C(C)C)cc1OC. The van der Waals surface area contributed by atoms with E-state index in [4.69, 9.17) is 32.7 Å². The third-order valence-electron chi connectivity index (χ3n) is 4.50. The normalized spacial score (nSPS) is 12.0. The fourth-order valence-corrected chi connectivity index (χ4v) is 3.89. The molecule has 10 heteroatoms. The number of carbonyl (C=O) groups excluding carboxylic acids is 2. The van der Waals surface area contributed by atoms with Crippen LogP contribution in [0.15, 0.2) is 39.9 Å². The van der Waals surface area contributed by atoms with Gasteiger partial charge in [-0.05, 0) is 64.2 Å². The number of amides is 2. The molecule has 0 aromatic heterocycles. The fourth-order valence-electron chi connectivity index (χ4n) is 2.83. The molecule has 7 nitrogen and oxygen atoms in total.